The van der Waals surface area contributed by atoms with E-state index in [0.29, 0.717) is 3.67 Å². The number of fused-ring (bicyclic) bond motifs is 1. The molecule has 0 N–H and O–H groups in total. The number of benzene rings is 2. The van der Waals surface area contributed by atoms with Crippen LogP contribution >= 0.6 is 0 Å². The van der Waals surface area contributed by atoms with Crippen molar-refractivity contribution in [3.63, 3.8) is 0 Å². The summed E-state index contributed by atoms with van der Waals surface area (Å²) in [4.78, 5) is 0. The summed E-state index contributed by atoms with van der Waals surface area (Å²) < 4.78 is 0.611. The van der Waals surface area contributed by atoms with Gasteiger partial charge in [-0.2, -0.15) is 0 Å². The van der Waals surface area contributed by atoms with E-state index >= 15 is 0 Å². The molecule has 151 valence electrons. The molecule has 2 aromatic rings. The molecule has 4 rings (SSSR count). The average Bonchev–Trinajstić information content (AvgIpc) is 3.23. The van der Waals surface area contributed by atoms with Gasteiger partial charge in [-0.15, -0.1) is 0 Å². The molecule has 0 aromatic heterocycles. The average molecular weight is 591 g/mol. The summed E-state index contributed by atoms with van der Waals surface area (Å²) in [5.74, 6) is 0. The zero-order valence-corrected chi connectivity index (χ0v) is 23.3. The topological polar surface area (TPSA) is 0 Å². The molecule has 0 saturated carbocycles. The molecule has 0 radical (unpaired) electrons. The van der Waals surface area contributed by atoms with Crippen molar-refractivity contribution in [1.29, 1.82) is 0 Å². The van der Waals surface area contributed by atoms with Crippen LogP contribution in [-0.4, -0.2) is 0 Å². The number of halogens is 2. The van der Waals surface area contributed by atoms with Crippen molar-refractivity contribution in [2.45, 2.75) is 62.5 Å². The second-order valence-corrected chi connectivity index (χ2v) is 11.1. The summed E-state index contributed by atoms with van der Waals surface area (Å²) in [6, 6.07) is 11.3. The Balaban J connectivity index is 0.00000150. The SMILES string of the molecule is Cc1c(C)c(C2=CC=CC2)c2c(c1C)C(C)(C)C(C)(c1ccccc1)[CH]2[Hf+2].[Cl-].[Cl-]. The van der Waals surface area contributed by atoms with Crippen molar-refractivity contribution in [3.05, 3.63) is 87.5 Å². The predicted molar refractivity (Wildman–Crippen MR) is 112 cm³/mol. The summed E-state index contributed by atoms with van der Waals surface area (Å²) in [5.41, 5.74) is 12.6. The van der Waals surface area contributed by atoms with E-state index in [1.165, 1.54) is 27.8 Å². The van der Waals surface area contributed by atoms with Gasteiger partial charge >= 0.3 is 180 Å². The Morgan fingerprint density at radius 2 is 1.52 bits per heavy atom. The molecule has 2 aliphatic rings. The Hall–Kier alpha value is -0.630. The Morgan fingerprint density at radius 1 is 0.897 bits per heavy atom. The van der Waals surface area contributed by atoms with Gasteiger partial charge in [-0.3, -0.25) is 0 Å². The fourth-order valence-corrected chi connectivity index (χ4v) is 8.48. The van der Waals surface area contributed by atoms with Gasteiger partial charge in [-0.1, -0.05) is 0 Å². The van der Waals surface area contributed by atoms with E-state index < -0.39 is 0 Å². The molecule has 0 nitrogen and oxygen atoms in total. The largest absolute Gasteiger partial charge is 1.00 e. The van der Waals surface area contributed by atoms with Crippen LogP contribution in [-0.2, 0) is 35.2 Å². The second kappa shape index (κ2) is 8.48. The molecule has 2 atom stereocenters. The first-order valence-corrected chi connectivity index (χ1v) is 12.1. The first kappa shape index (κ1) is 24.6. The summed E-state index contributed by atoms with van der Waals surface area (Å²) in [6.45, 7) is 14.5. The summed E-state index contributed by atoms with van der Waals surface area (Å²) in [6.07, 6.45) is 7.95. The van der Waals surface area contributed by atoms with Crippen molar-refractivity contribution in [1.82, 2.24) is 0 Å². The minimum absolute atomic E-state index is 0. The Bertz CT molecular complexity index is 986. The minimum Gasteiger partial charge on any atom is -1.00 e. The first-order valence-electron chi connectivity index (χ1n) is 9.99. The van der Waals surface area contributed by atoms with Crippen LogP contribution in [0, 0.1) is 20.8 Å². The molecular formula is C26H29Cl2Hf. The van der Waals surface area contributed by atoms with Crippen molar-refractivity contribution in [2.75, 3.05) is 0 Å². The molecule has 2 aliphatic carbocycles. The maximum Gasteiger partial charge on any atom is -1.00 e. The van der Waals surface area contributed by atoms with Gasteiger partial charge < -0.3 is 24.8 Å². The van der Waals surface area contributed by atoms with E-state index in [9.17, 15) is 0 Å². The smallest absolute Gasteiger partial charge is 1.00 e. The monoisotopic (exact) mass is 591 g/mol. The number of rotatable bonds is 2. The van der Waals surface area contributed by atoms with E-state index in [4.69, 9.17) is 0 Å². The first-order chi connectivity index (χ1) is 12.7. The third-order valence-electron chi connectivity index (χ3n) is 7.67. The molecule has 0 amide bonds. The zero-order chi connectivity index (χ0) is 19.6. The van der Waals surface area contributed by atoms with Gasteiger partial charge in [-0.05, 0) is 0 Å². The molecular weight excluding hydrogens is 562 g/mol. The summed E-state index contributed by atoms with van der Waals surface area (Å²) in [5, 5.41) is 0. The molecule has 2 unspecified atom stereocenters. The van der Waals surface area contributed by atoms with E-state index in [1.54, 1.807) is 16.7 Å². The Morgan fingerprint density at radius 3 is 2.07 bits per heavy atom. The van der Waals surface area contributed by atoms with Crippen LogP contribution in [0.15, 0.2) is 48.6 Å². The Labute approximate surface area is 203 Å². The molecule has 3 heteroatoms. The molecule has 29 heavy (non-hydrogen) atoms. The third-order valence-corrected chi connectivity index (χ3v) is 10.8. The van der Waals surface area contributed by atoms with Crippen LogP contribution < -0.4 is 24.8 Å². The van der Waals surface area contributed by atoms with Crippen molar-refractivity contribution in [2.24, 2.45) is 0 Å². The van der Waals surface area contributed by atoms with Crippen molar-refractivity contribution >= 4 is 5.57 Å². The van der Waals surface area contributed by atoms with Gasteiger partial charge in [0.15, 0.2) is 0 Å². The van der Waals surface area contributed by atoms with E-state index in [2.05, 4.69) is 90.1 Å². The van der Waals surface area contributed by atoms with Crippen LogP contribution in [0.2, 0.25) is 0 Å². The molecule has 0 bridgehead atoms. The molecule has 2 aromatic carbocycles. The molecule has 0 fully saturated rings. The van der Waals surface area contributed by atoms with Gasteiger partial charge in [0.25, 0.3) is 0 Å². The number of hydrogen-bond donors (Lipinski definition) is 0. The maximum absolute atomic E-state index is 2.52. The van der Waals surface area contributed by atoms with Gasteiger partial charge in [-0.25, -0.2) is 0 Å². The third kappa shape index (κ3) is 3.27. The number of hydrogen-bond acceptors (Lipinski definition) is 0. The second-order valence-electron chi connectivity index (χ2n) is 8.99. The van der Waals surface area contributed by atoms with Crippen LogP contribution in [0.3, 0.4) is 0 Å². The summed E-state index contributed by atoms with van der Waals surface area (Å²) >= 11 is 1.16. The minimum atomic E-state index is 0. The maximum atomic E-state index is 2.52. The van der Waals surface area contributed by atoms with Crippen LogP contribution in [0.25, 0.3) is 5.57 Å². The fourth-order valence-electron chi connectivity index (χ4n) is 5.55. The van der Waals surface area contributed by atoms with Gasteiger partial charge in [0.2, 0.25) is 0 Å². The van der Waals surface area contributed by atoms with Gasteiger partial charge in [0.1, 0.15) is 0 Å². The molecule has 0 heterocycles. The summed E-state index contributed by atoms with van der Waals surface area (Å²) in [7, 11) is 0. The standard InChI is InChI=1S/C26H29.2ClH.Hf/c1-17-18(2)23(20-12-10-11-13-20)22-16-26(6,21-14-8-7-9-15-21)25(4,5)24(22)19(17)3;;;/h7-12,14-16H,13H2,1-6H3;2*1H;/q;;;+2/p-2. The zero-order valence-electron chi connectivity index (χ0n) is 18.2. The fraction of sp³-hybridized carbons (Fsp3) is 0.385. The normalized spacial score (nSPS) is 23.9. The van der Waals surface area contributed by atoms with Crippen molar-refractivity contribution < 1.29 is 49.2 Å². The molecule has 0 aliphatic heterocycles. The van der Waals surface area contributed by atoms with E-state index in [1.807, 2.05) is 0 Å². The van der Waals surface area contributed by atoms with Crippen molar-refractivity contribution in [3.8, 4) is 0 Å². The van der Waals surface area contributed by atoms with Crippen LogP contribution in [0.1, 0.15) is 69.8 Å². The number of allylic oxidation sites excluding steroid dienone is 4. The van der Waals surface area contributed by atoms with E-state index in [0.717, 1.165) is 30.8 Å². The molecule has 0 saturated heterocycles. The molecule has 0 spiro atoms. The quantitative estimate of drug-likeness (QED) is 0.455. The van der Waals surface area contributed by atoms with E-state index in [-0.39, 0.29) is 35.6 Å². The van der Waals surface area contributed by atoms with Gasteiger partial charge in [0.05, 0.1) is 0 Å². The predicted octanol–water partition coefficient (Wildman–Crippen LogP) is 0.800. The van der Waals surface area contributed by atoms with Gasteiger partial charge in [0, 0.05) is 0 Å². The van der Waals surface area contributed by atoms with Crippen LogP contribution in [0.4, 0.5) is 0 Å². The Kier molecular flexibility index (Phi) is 7.21. The van der Waals surface area contributed by atoms with Crippen LogP contribution in [0.5, 0.6) is 0 Å².